The first-order valence-corrected chi connectivity index (χ1v) is 10.4. The van der Waals surface area contributed by atoms with E-state index in [0.717, 1.165) is 22.9 Å². The van der Waals surface area contributed by atoms with Crippen molar-refractivity contribution >= 4 is 44.2 Å². The molecule has 0 saturated carbocycles. The summed E-state index contributed by atoms with van der Waals surface area (Å²) < 4.78 is 18.3. The fourth-order valence-corrected chi connectivity index (χ4v) is 3.54. The minimum absolute atomic E-state index is 0.0702. The lowest BCUT2D eigenvalue weighted by Crippen LogP contribution is -2.25. The van der Waals surface area contributed by atoms with E-state index in [9.17, 15) is 4.79 Å². The molecule has 0 aliphatic carbocycles. The Hall–Kier alpha value is -2.45. The molecule has 3 aromatic rings. The maximum absolute atomic E-state index is 15.5. The summed E-state index contributed by atoms with van der Waals surface area (Å²) in [6.07, 6.45) is 3.55. The third-order valence-corrected chi connectivity index (χ3v) is 5.10. The molecule has 0 bridgehead atoms. The Labute approximate surface area is 177 Å². The number of benzene rings is 2. The van der Waals surface area contributed by atoms with Crippen LogP contribution < -0.4 is 10.8 Å². The van der Waals surface area contributed by atoms with Crippen LogP contribution in [0.3, 0.4) is 0 Å². The summed E-state index contributed by atoms with van der Waals surface area (Å²) in [4.78, 5) is 22.0. The Kier molecular flexibility index (Phi) is 6.87. The average Bonchev–Trinajstić information content (AvgIpc) is 3.11. The van der Waals surface area contributed by atoms with Crippen LogP contribution in [0.4, 0.5) is 15.8 Å². The van der Waals surface area contributed by atoms with Gasteiger partial charge in [0.05, 0.1) is 29.7 Å². The molecule has 1 amide bonds. The molecule has 0 aliphatic heterocycles. The van der Waals surface area contributed by atoms with Gasteiger partial charge in [-0.05, 0) is 50.1 Å². The number of hydrogen-bond acceptors (Lipinski definition) is 4. The van der Waals surface area contributed by atoms with Crippen LogP contribution in [0, 0.1) is 12.7 Å². The summed E-state index contributed by atoms with van der Waals surface area (Å²) >= 11 is 3.42. The van der Waals surface area contributed by atoms with E-state index in [-0.39, 0.29) is 16.8 Å². The summed E-state index contributed by atoms with van der Waals surface area (Å²) in [5.74, 6) is -1.09. The van der Waals surface area contributed by atoms with Crippen LogP contribution in [0.25, 0.3) is 11.0 Å². The lowest BCUT2D eigenvalue weighted by molar-refractivity contribution is 0.0365. The van der Waals surface area contributed by atoms with Gasteiger partial charge in [-0.1, -0.05) is 29.3 Å². The Balaban J connectivity index is 2.12. The maximum Gasteiger partial charge on any atom is 0.277 e. The molecule has 1 heterocycles. The zero-order valence-corrected chi connectivity index (χ0v) is 18.3. The van der Waals surface area contributed by atoms with Gasteiger partial charge in [-0.3, -0.25) is 9.63 Å². The molecule has 0 aliphatic rings. The molecule has 3 rings (SSSR count). The predicted octanol–water partition coefficient (Wildman–Crippen LogP) is 5.47. The molecule has 8 heteroatoms. The van der Waals surface area contributed by atoms with Crippen molar-refractivity contribution in [1.29, 1.82) is 0 Å². The van der Waals surface area contributed by atoms with Gasteiger partial charge in [-0.25, -0.2) is 14.9 Å². The van der Waals surface area contributed by atoms with Gasteiger partial charge < -0.3 is 9.88 Å². The van der Waals surface area contributed by atoms with E-state index in [4.69, 9.17) is 4.84 Å². The van der Waals surface area contributed by atoms with Crippen molar-refractivity contribution in [1.82, 2.24) is 15.0 Å². The maximum atomic E-state index is 15.5. The lowest BCUT2D eigenvalue weighted by atomic mass is 10.1. The number of anilines is 2. The van der Waals surface area contributed by atoms with Crippen LogP contribution in [0.15, 0.2) is 35.1 Å². The normalized spacial score (nSPS) is 11.1. The van der Waals surface area contributed by atoms with E-state index < -0.39 is 11.7 Å². The molecule has 1 aromatic heterocycles. The second-order valence-electron chi connectivity index (χ2n) is 6.72. The molecule has 6 nitrogen and oxygen atoms in total. The summed E-state index contributed by atoms with van der Waals surface area (Å²) in [6, 6.07) is 7.25. The predicted molar refractivity (Wildman–Crippen MR) is 116 cm³/mol. The SMILES string of the molecule is CCCCn1cnc2c(F)c(Nc3ccc(Br)cc3C)c(C(=O)NOCC)cc21. The van der Waals surface area contributed by atoms with Crippen molar-refractivity contribution in [2.75, 3.05) is 11.9 Å². The Morgan fingerprint density at radius 1 is 1.31 bits per heavy atom. The van der Waals surface area contributed by atoms with Crippen molar-refractivity contribution in [2.24, 2.45) is 0 Å². The highest BCUT2D eigenvalue weighted by Crippen LogP contribution is 2.32. The standard InChI is InChI=1S/C21H24BrFN4O2/c1-4-6-9-27-12-24-20-17(27)11-15(21(28)26-29-5-2)19(18(20)23)25-16-8-7-14(22)10-13(16)3/h7-8,10-12,25H,4-6,9H2,1-3H3,(H,26,28). The Morgan fingerprint density at radius 3 is 2.79 bits per heavy atom. The number of aryl methyl sites for hydroxylation is 2. The van der Waals surface area contributed by atoms with E-state index >= 15 is 4.39 Å². The van der Waals surface area contributed by atoms with Gasteiger partial charge >= 0.3 is 0 Å². The smallest absolute Gasteiger partial charge is 0.277 e. The topological polar surface area (TPSA) is 68.2 Å². The first-order valence-electron chi connectivity index (χ1n) is 9.58. The van der Waals surface area contributed by atoms with E-state index in [1.165, 1.54) is 0 Å². The number of unbranched alkanes of at least 4 members (excludes halogenated alkanes) is 1. The van der Waals surface area contributed by atoms with Crippen molar-refractivity contribution in [3.05, 3.63) is 52.0 Å². The molecule has 154 valence electrons. The molecule has 0 radical (unpaired) electrons. The second-order valence-corrected chi connectivity index (χ2v) is 7.64. The molecular weight excluding hydrogens is 439 g/mol. The van der Waals surface area contributed by atoms with Crippen LogP contribution in [0.2, 0.25) is 0 Å². The van der Waals surface area contributed by atoms with Gasteiger partial charge in [0.2, 0.25) is 0 Å². The largest absolute Gasteiger partial charge is 0.352 e. The average molecular weight is 463 g/mol. The Morgan fingerprint density at radius 2 is 2.10 bits per heavy atom. The van der Waals surface area contributed by atoms with Crippen LogP contribution in [0.1, 0.15) is 42.6 Å². The van der Waals surface area contributed by atoms with E-state index in [1.54, 1.807) is 19.3 Å². The van der Waals surface area contributed by atoms with Gasteiger partial charge in [0.15, 0.2) is 5.82 Å². The van der Waals surface area contributed by atoms with Gasteiger partial charge in [0.1, 0.15) is 5.52 Å². The molecule has 0 atom stereocenters. The van der Waals surface area contributed by atoms with Gasteiger partial charge in [0.25, 0.3) is 5.91 Å². The molecule has 0 spiro atoms. The summed E-state index contributed by atoms with van der Waals surface area (Å²) in [6.45, 7) is 6.76. The highest BCUT2D eigenvalue weighted by Gasteiger charge is 2.22. The van der Waals surface area contributed by atoms with Gasteiger partial charge in [0, 0.05) is 16.7 Å². The number of hydrogen-bond donors (Lipinski definition) is 2. The molecular formula is C21H24BrFN4O2. The van der Waals surface area contributed by atoms with E-state index in [1.807, 2.05) is 29.7 Å². The van der Waals surface area contributed by atoms with E-state index in [2.05, 4.69) is 38.6 Å². The number of nitrogens with zero attached hydrogens (tertiary/aromatic N) is 2. The van der Waals surface area contributed by atoms with Crippen LogP contribution in [0.5, 0.6) is 0 Å². The number of carbonyl (C=O) groups excluding carboxylic acids is 1. The summed E-state index contributed by atoms with van der Waals surface area (Å²) in [5.41, 5.74) is 5.00. The van der Waals surface area contributed by atoms with Gasteiger partial charge in [-0.2, -0.15) is 0 Å². The fourth-order valence-electron chi connectivity index (χ4n) is 3.06. The molecule has 0 unspecified atom stereocenters. The number of rotatable bonds is 8. The lowest BCUT2D eigenvalue weighted by Gasteiger charge is -2.16. The zero-order valence-electron chi connectivity index (χ0n) is 16.7. The van der Waals surface area contributed by atoms with Crippen molar-refractivity contribution < 1.29 is 14.0 Å². The van der Waals surface area contributed by atoms with Crippen LogP contribution in [-0.4, -0.2) is 22.1 Å². The molecule has 29 heavy (non-hydrogen) atoms. The first-order chi connectivity index (χ1) is 14.0. The third kappa shape index (κ3) is 4.59. The number of fused-ring (bicyclic) bond motifs is 1. The minimum Gasteiger partial charge on any atom is -0.352 e. The minimum atomic E-state index is -0.568. The van der Waals surface area contributed by atoms with Crippen LogP contribution >= 0.6 is 15.9 Å². The number of aromatic nitrogens is 2. The number of halogens is 2. The van der Waals surface area contributed by atoms with Crippen molar-refractivity contribution in [3.8, 4) is 0 Å². The highest BCUT2D eigenvalue weighted by atomic mass is 79.9. The Bertz CT molecular complexity index is 1040. The monoisotopic (exact) mass is 462 g/mol. The quantitative estimate of drug-likeness (QED) is 0.435. The summed E-state index contributed by atoms with van der Waals surface area (Å²) in [5, 5.41) is 3.08. The second kappa shape index (κ2) is 9.37. The number of amides is 1. The zero-order chi connectivity index (χ0) is 21.0. The first kappa shape index (κ1) is 21.3. The number of hydroxylamine groups is 1. The van der Waals surface area contributed by atoms with E-state index in [0.29, 0.717) is 24.4 Å². The molecule has 0 fully saturated rings. The third-order valence-electron chi connectivity index (χ3n) is 4.61. The summed E-state index contributed by atoms with van der Waals surface area (Å²) in [7, 11) is 0. The van der Waals surface area contributed by atoms with Crippen LogP contribution in [-0.2, 0) is 11.4 Å². The highest BCUT2D eigenvalue weighted by molar-refractivity contribution is 9.10. The number of nitrogens with one attached hydrogen (secondary N) is 2. The molecule has 0 saturated heterocycles. The van der Waals surface area contributed by atoms with Crippen molar-refractivity contribution in [2.45, 2.75) is 40.2 Å². The number of carbonyl (C=O) groups is 1. The number of imidazole rings is 1. The van der Waals surface area contributed by atoms with Crippen molar-refractivity contribution in [3.63, 3.8) is 0 Å². The molecule has 2 aromatic carbocycles. The van der Waals surface area contributed by atoms with Gasteiger partial charge in [-0.15, -0.1) is 0 Å². The fraction of sp³-hybridized carbons (Fsp3) is 0.333. The molecule has 2 N–H and O–H groups in total.